The number of rotatable bonds is 3. The van der Waals surface area contributed by atoms with Crippen molar-refractivity contribution in [1.82, 2.24) is 14.5 Å². The lowest BCUT2D eigenvalue weighted by atomic mass is 9.86. The first kappa shape index (κ1) is 17.6. The van der Waals surface area contributed by atoms with Crippen LogP contribution in [-0.2, 0) is 11.8 Å². The molecule has 7 heteroatoms. The maximum atomic E-state index is 13.3. The molecule has 0 aliphatic heterocycles. The number of carbonyl (C=O) groups excluding carboxylic acids is 1. The molecule has 1 saturated carbocycles. The molecule has 0 radical (unpaired) electrons. The van der Waals surface area contributed by atoms with E-state index in [4.69, 9.17) is 0 Å². The van der Waals surface area contributed by atoms with Gasteiger partial charge in [0.25, 0.3) is 0 Å². The largest absolute Gasteiger partial charge is 0.334 e. The quantitative estimate of drug-likeness (QED) is 0.743. The molecule has 2 aromatic heterocycles. The molecule has 0 unspecified atom stereocenters. The van der Waals surface area contributed by atoms with Gasteiger partial charge in [0, 0.05) is 43.0 Å². The summed E-state index contributed by atoms with van der Waals surface area (Å²) in [6.45, 7) is 0. The van der Waals surface area contributed by atoms with Crippen LogP contribution in [0.25, 0.3) is 22.0 Å². The Kier molecular flexibility index (Phi) is 4.37. The van der Waals surface area contributed by atoms with E-state index in [0.717, 1.165) is 22.0 Å². The number of nitrogens with zero attached hydrogens (tertiary/aromatic N) is 3. The molecule has 0 spiro atoms. The Morgan fingerprint density at radius 3 is 2.67 bits per heavy atom. The molecule has 2 heterocycles. The molecule has 1 aliphatic rings. The number of halogens is 2. The van der Waals surface area contributed by atoms with Crippen LogP contribution in [0.2, 0.25) is 0 Å². The Bertz CT molecular complexity index is 989. The molecule has 4 rings (SSSR count). The average molecular weight is 370 g/mol. The Balaban J connectivity index is 1.54. The van der Waals surface area contributed by atoms with Gasteiger partial charge in [0.1, 0.15) is 5.82 Å². The third-order valence-electron chi connectivity index (χ3n) is 5.17. The topological polar surface area (TPSA) is 59.8 Å². The van der Waals surface area contributed by atoms with Crippen molar-refractivity contribution in [1.29, 1.82) is 0 Å². The van der Waals surface area contributed by atoms with Gasteiger partial charge in [0.2, 0.25) is 11.8 Å². The normalized spacial score (nSPS) is 17.1. The molecule has 0 bridgehead atoms. The lowest BCUT2D eigenvalue weighted by molar-refractivity contribution is -0.124. The summed E-state index contributed by atoms with van der Waals surface area (Å²) in [5, 5.41) is 4.68. The van der Waals surface area contributed by atoms with Crippen molar-refractivity contribution in [3.8, 4) is 11.3 Å². The predicted molar refractivity (Wildman–Crippen MR) is 99.5 cm³/mol. The van der Waals surface area contributed by atoms with Crippen LogP contribution in [0.3, 0.4) is 0 Å². The van der Waals surface area contributed by atoms with Gasteiger partial charge in [-0.1, -0.05) is 12.1 Å². The fourth-order valence-electron chi connectivity index (χ4n) is 3.53. The molecule has 1 aliphatic carbocycles. The van der Waals surface area contributed by atoms with E-state index in [1.54, 1.807) is 18.7 Å². The van der Waals surface area contributed by atoms with Gasteiger partial charge in [-0.15, -0.1) is 0 Å². The fraction of sp³-hybridized carbons (Fsp3) is 0.350. The molecular formula is C20H20F2N4O. The van der Waals surface area contributed by atoms with E-state index in [9.17, 15) is 13.6 Å². The SMILES string of the molecule is Cn1cncc1-c1ccc2cnc(NC(=O)C3CCC(F)(F)CC3)cc2c1. The Labute approximate surface area is 155 Å². The lowest BCUT2D eigenvalue weighted by Crippen LogP contribution is -2.32. The van der Waals surface area contributed by atoms with Gasteiger partial charge in [-0.2, -0.15) is 0 Å². The lowest BCUT2D eigenvalue weighted by Gasteiger charge is -2.27. The fourth-order valence-corrected chi connectivity index (χ4v) is 3.53. The highest BCUT2D eigenvalue weighted by atomic mass is 19.3. The number of nitrogens with one attached hydrogen (secondary N) is 1. The van der Waals surface area contributed by atoms with E-state index in [0.29, 0.717) is 5.82 Å². The van der Waals surface area contributed by atoms with Crippen molar-refractivity contribution in [2.45, 2.75) is 31.6 Å². The Hall–Kier alpha value is -2.83. The summed E-state index contributed by atoms with van der Waals surface area (Å²) in [4.78, 5) is 20.8. The monoisotopic (exact) mass is 370 g/mol. The molecule has 1 N–H and O–H groups in total. The van der Waals surface area contributed by atoms with E-state index >= 15 is 0 Å². The number of aryl methyl sites for hydroxylation is 1. The molecule has 140 valence electrons. The summed E-state index contributed by atoms with van der Waals surface area (Å²) in [6, 6.07) is 7.80. The van der Waals surface area contributed by atoms with Gasteiger partial charge < -0.3 is 9.88 Å². The highest BCUT2D eigenvalue weighted by Crippen LogP contribution is 2.36. The van der Waals surface area contributed by atoms with Crippen molar-refractivity contribution < 1.29 is 13.6 Å². The minimum absolute atomic E-state index is 0.205. The van der Waals surface area contributed by atoms with E-state index in [1.165, 1.54) is 0 Å². The second-order valence-corrected chi connectivity index (χ2v) is 7.14. The maximum absolute atomic E-state index is 13.3. The number of alkyl halides is 2. The van der Waals surface area contributed by atoms with Crippen LogP contribution in [0, 0.1) is 5.92 Å². The van der Waals surface area contributed by atoms with Crippen molar-refractivity contribution in [2.75, 3.05) is 5.32 Å². The average Bonchev–Trinajstić information content (AvgIpc) is 3.07. The van der Waals surface area contributed by atoms with Gasteiger partial charge in [0.05, 0.1) is 18.2 Å². The molecule has 1 amide bonds. The number of fused-ring (bicyclic) bond motifs is 1. The number of hydrogen-bond acceptors (Lipinski definition) is 3. The smallest absolute Gasteiger partial charge is 0.248 e. The van der Waals surface area contributed by atoms with Gasteiger partial charge in [-0.25, -0.2) is 18.7 Å². The number of amides is 1. The van der Waals surface area contributed by atoms with Crippen LogP contribution in [0.15, 0.2) is 43.0 Å². The standard InChI is InChI=1S/C20H20F2N4O/c1-26-12-23-11-17(26)14-2-3-15-10-24-18(9-16(15)8-14)25-19(27)13-4-6-20(21,22)7-5-13/h2-3,8-13H,4-7H2,1H3,(H,24,25,27). The van der Waals surface area contributed by atoms with Crippen molar-refractivity contribution in [3.63, 3.8) is 0 Å². The number of benzene rings is 1. The van der Waals surface area contributed by atoms with Crippen molar-refractivity contribution in [2.24, 2.45) is 13.0 Å². The minimum atomic E-state index is -2.64. The first-order valence-electron chi connectivity index (χ1n) is 8.96. The summed E-state index contributed by atoms with van der Waals surface area (Å²) in [5.41, 5.74) is 2.00. The molecular weight excluding hydrogens is 350 g/mol. The molecule has 1 aromatic carbocycles. The Morgan fingerprint density at radius 2 is 1.96 bits per heavy atom. The Morgan fingerprint density at radius 1 is 1.19 bits per heavy atom. The summed E-state index contributed by atoms with van der Waals surface area (Å²) < 4.78 is 28.5. The highest BCUT2D eigenvalue weighted by Gasteiger charge is 2.37. The van der Waals surface area contributed by atoms with Crippen LogP contribution in [-0.4, -0.2) is 26.4 Å². The van der Waals surface area contributed by atoms with Crippen LogP contribution in [0.1, 0.15) is 25.7 Å². The summed E-state index contributed by atoms with van der Waals surface area (Å²) in [6.07, 6.45) is 5.19. The summed E-state index contributed by atoms with van der Waals surface area (Å²) in [7, 11) is 1.93. The number of aromatic nitrogens is 3. The predicted octanol–water partition coefficient (Wildman–Crippen LogP) is 4.40. The van der Waals surface area contributed by atoms with Crippen LogP contribution in [0.4, 0.5) is 14.6 Å². The van der Waals surface area contributed by atoms with Gasteiger partial charge in [-0.05, 0) is 30.4 Å². The number of carbonyl (C=O) groups is 1. The van der Waals surface area contributed by atoms with E-state index in [-0.39, 0.29) is 37.5 Å². The number of anilines is 1. The van der Waals surface area contributed by atoms with Gasteiger partial charge in [0.15, 0.2) is 0 Å². The van der Waals surface area contributed by atoms with Crippen LogP contribution < -0.4 is 5.32 Å². The molecule has 3 aromatic rings. The molecule has 1 fully saturated rings. The van der Waals surface area contributed by atoms with E-state index < -0.39 is 5.92 Å². The minimum Gasteiger partial charge on any atom is -0.334 e. The molecule has 5 nitrogen and oxygen atoms in total. The van der Waals surface area contributed by atoms with Crippen LogP contribution >= 0.6 is 0 Å². The number of imidazole rings is 1. The first-order chi connectivity index (χ1) is 12.9. The zero-order chi connectivity index (χ0) is 19.0. The number of hydrogen-bond donors (Lipinski definition) is 1. The second-order valence-electron chi connectivity index (χ2n) is 7.14. The zero-order valence-electron chi connectivity index (χ0n) is 15.0. The van der Waals surface area contributed by atoms with Crippen LogP contribution in [0.5, 0.6) is 0 Å². The second kappa shape index (κ2) is 6.72. The van der Waals surface area contributed by atoms with E-state index in [1.807, 2.05) is 35.9 Å². The van der Waals surface area contributed by atoms with Gasteiger partial charge >= 0.3 is 0 Å². The van der Waals surface area contributed by atoms with Crippen molar-refractivity contribution in [3.05, 3.63) is 43.0 Å². The molecule has 0 atom stereocenters. The number of pyridine rings is 1. The third-order valence-corrected chi connectivity index (χ3v) is 5.17. The van der Waals surface area contributed by atoms with E-state index in [2.05, 4.69) is 15.3 Å². The van der Waals surface area contributed by atoms with Crippen molar-refractivity contribution >= 4 is 22.5 Å². The van der Waals surface area contributed by atoms with Gasteiger partial charge in [-0.3, -0.25) is 4.79 Å². The highest BCUT2D eigenvalue weighted by molar-refractivity contribution is 5.95. The maximum Gasteiger partial charge on any atom is 0.248 e. The molecule has 27 heavy (non-hydrogen) atoms. The zero-order valence-corrected chi connectivity index (χ0v) is 15.0. The first-order valence-corrected chi connectivity index (χ1v) is 8.96. The third kappa shape index (κ3) is 3.67. The summed E-state index contributed by atoms with van der Waals surface area (Å²) in [5.74, 6) is -2.82. The molecule has 0 saturated heterocycles. The summed E-state index contributed by atoms with van der Waals surface area (Å²) >= 11 is 0.